The van der Waals surface area contributed by atoms with Gasteiger partial charge in [-0.25, -0.2) is 14.4 Å². The van der Waals surface area contributed by atoms with Gasteiger partial charge in [0.2, 0.25) is 0 Å². The number of nitrogens with one attached hydrogen (secondary N) is 1. The zero-order chi connectivity index (χ0) is 21.3. The molecule has 0 amide bonds. The number of fused-ring (bicyclic) bond motifs is 1. The highest BCUT2D eigenvalue weighted by molar-refractivity contribution is 5.98. The maximum Gasteiger partial charge on any atom is 0.279 e. The van der Waals surface area contributed by atoms with Gasteiger partial charge in [0.25, 0.3) is 5.69 Å². The van der Waals surface area contributed by atoms with Crippen LogP contribution in [0.5, 0.6) is 5.75 Å². The second kappa shape index (κ2) is 7.63. The van der Waals surface area contributed by atoms with Crippen molar-refractivity contribution in [1.82, 2.24) is 9.97 Å². The molecule has 0 aliphatic heterocycles. The number of anilines is 3. The van der Waals surface area contributed by atoms with Gasteiger partial charge >= 0.3 is 0 Å². The van der Waals surface area contributed by atoms with Crippen LogP contribution in [0.3, 0.4) is 0 Å². The third kappa shape index (κ3) is 3.55. The molecule has 9 heteroatoms. The van der Waals surface area contributed by atoms with Crippen LogP contribution in [0.15, 0.2) is 60.7 Å². The second-order valence-electron chi connectivity index (χ2n) is 6.40. The monoisotopic (exact) mass is 405 g/mol. The number of nitro benzene ring substituents is 1. The second-order valence-corrected chi connectivity index (χ2v) is 6.40. The van der Waals surface area contributed by atoms with Gasteiger partial charge in [-0.05, 0) is 48.0 Å². The van der Waals surface area contributed by atoms with Crippen LogP contribution in [0.4, 0.5) is 27.4 Å². The molecule has 0 unspecified atom stereocenters. The summed E-state index contributed by atoms with van der Waals surface area (Å²) in [5.41, 5.74) is 7.99. The minimum atomic E-state index is -0.514. The number of hydrogen-bond acceptors (Lipinski definition) is 7. The number of nitro groups is 1. The fourth-order valence-corrected chi connectivity index (χ4v) is 3.08. The van der Waals surface area contributed by atoms with E-state index in [1.54, 1.807) is 31.4 Å². The fourth-order valence-electron chi connectivity index (χ4n) is 3.08. The lowest BCUT2D eigenvalue weighted by Gasteiger charge is -2.12. The van der Waals surface area contributed by atoms with E-state index in [4.69, 9.17) is 10.5 Å². The number of benzene rings is 3. The highest BCUT2D eigenvalue weighted by Crippen LogP contribution is 2.37. The van der Waals surface area contributed by atoms with E-state index in [-0.39, 0.29) is 22.6 Å². The molecule has 8 nitrogen and oxygen atoms in total. The predicted molar refractivity (Wildman–Crippen MR) is 112 cm³/mol. The van der Waals surface area contributed by atoms with Crippen molar-refractivity contribution < 1.29 is 14.1 Å². The van der Waals surface area contributed by atoms with Gasteiger partial charge in [0, 0.05) is 11.8 Å². The summed E-state index contributed by atoms with van der Waals surface area (Å²) >= 11 is 0. The van der Waals surface area contributed by atoms with E-state index in [2.05, 4.69) is 15.3 Å². The van der Waals surface area contributed by atoms with E-state index in [9.17, 15) is 14.5 Å². The standard InChI is InChI=1S/C21H16FN5O3/c1-30-15-8-6-14(7-9-15)24-21-20(23)26-19-16(25-21)10-11-17(27(28)29)18(19)12-2-4-13(22)5-3-12/h2-11H,1H3,(H2,23,26)(H,24,25). The Bertz CT molecular complexity index is 1240. The highest BCUT2D eigenvalue weighted by atomic mass is 19.1. The summed E-state index contributed by atoms with van der Waals surface area (Å²) in [7, 11) is 1.58. The number of aromatic nitrogens is 2. The first-order chi connectivity index (χ1) is 14.5. The molecular formula is C21H16FN5O3. The van der Waals surface area contributed by atoms with Gasteiger partial charge in [-0.15, -0.1) is 0 Å². The van der Waals surface area contributed by atoms with E-state index >= 15 is 0 Å². The number of rotatable bonds is 5. The summed E-state index contributed by atoms with van der Waals surface area (Å²) in [5, 5.41) is 14.7. The average molecular weight is 405 g/mol. The first-order valence-corrected chi connectivity index (χ1v) is 8.88. The first-order valence-electron chi connectivity index (χ1n) is 8.88. The summed E-state index contributed by atoms with van der Waals surface area (Å²) in [6.07, 6.45) is 0. The third-order valence-corrected chi connectivity index (χ3v) is 4.52. The molecule has 0 aliphatic rings. The number of halogens is 1. The molecule has 3 N–H and O–H groups in total. The van der Waals surface area contributed by atoms with Crippen LogP contribution in [0.1, 0.15) is 0 Å². The predicted octanol–water partition coefficient (Wildman–Crippen LogP) is 4.68. The lowest BCUT2D eigenvalue weighted by molar-refractivity contribution is -0.384. The average Bonchev–Trinajstić information content (AvgIpc) is 2.74. The Morgan fingerprint density at radius 1 is 1.03 bits per heavy atom. The Labute approximate surface area is 170 Å². The summed E-state index contributed by atoms with van der Waals surface area (Å²) in [6, 6.07) is 15.4. The highest BCUT2D eigenvalue weighted by Gasteiger charge is 2.21. The zero-order valence-electron chi connectivity index (χ0n) is 15.8. The van der Waals surface area contributed by atoms with Crippen molar-refractivity contribution in [3.8, 4) is 16.9 Å². The summed E-state index contributed by atoms with van der Waals surface area (Å²) in [4.78, 5) is 19.9. The normalized spacial score (nSPS) is 10.7. The molecule has 1 heterocycles. The molecule has 30 heavy (non-hydrogen) atoms. The molecule has 4 aromatic rings. The van der Waals surface area contributed by atoms with Crippen molar-refractivity contribution in [1.29, 1.82) is 0 Å². The minimum absolute atomic E-state index is 0.0715. The van der Waals surface area contributed by atoms with Crippen LogP contribution >= 0.6 is 0 Å². The van der Waals surface area contributed by atoms with E-state index in [0.717, 1.165) is 5.69 Å². The molecular weight excluding hydrogens is 389 g/mol. The fraction of sp³-hybridized carbons (Fsp3) is 0.0476. The Balaban J connectivity index is 1.84. The summed E-state index contributed by atoms with van der Waals surface area (Å²) in [6.45, 7) is 0. The molecule has 0 bridgehead atoms. The molecule has 0 aliphatic carbocycles. The smallest absolute Gasteiger partial charge is 0.279 e. The number of hydrogen-bond donors (Lipinski definition) is 2. The Kier molecular flexibility index (Phi) is 4.85. The van der Waals surface area contributed by atoms with Crippen LogP contribution < -0.4 is 15.8 Å². The van der Waals surface area contributed by atoms with E-state index in [1.807, 2.05) is 0 Å². The lowest BCUT2D eigenvalue weighted by atomic mass is 10.0. The zero-order valence-corrected chi connectivity index (χ0v) is 15.8. The molecule has 0 atom stereocenters. The van der Waals surface area contributed by atoms with E-state index in [1.165, 1.54) is 36.4 Å². The number of nitrogens with zero attached hydrogens (tertiary/aromatic N) is 3. The molecule has 0 spiro atoms. The molecule has 1 aromatic heterocycles. The number of nitrogens with two attached hydrogens (primary N) is 1. The van der Waals surface area contributed by atoms with Crippen LogP contribution in [-0.4, -0.2) is 22.0 Å². The quantitative estimate of drug-likeness (QED) is 0.366. The third-order valence-electron chi connectivity index (χ3n) is 4.52. The minimum Gasteiger partial charge on any atom is -0.497 e. The topological polar surface area (TPSA) is 116 Å². The van der Waals surface area contributed by atoms with Crippen molar-refractivity contribution in [2.75, 3.05) is 18.2 Å². The maximum atomic E-state index is 13.3. The van der Waals surface area contributed by atoms with Gasteiger partial charge in [0.05, 0.1) is 23.1 Å². The largest absolute Gasteiger partial charge is 0.497 e. The SMILES string of the molecule is COc1ccc(Nc2nc3ccc([N+](=O)[O-])c(-c4ccc(F)cc4)c3nc2N)cc1. The van der Waals surface area contributed by atoms with Gasteiger partial charge in [0.15, 0.2) is 11.6 Å². The number of methoxy groups -OCH3 is 1. The van der Waals surface area contributed by atoms with Gasteiger partial charge in [-0.2, -0.15) is 0 Å². The lowest BCUT2D eigenvalue weighted by Crippen LogP contribution is -2.04. The van der Waals surface area contributed by atoms with Crippen LogP contribution in [0.2, 0.25) is 0 Å². The summed E-state index contributed by atoms with van der Waals surface area (Å²) < 4.78 is 18.5. The maximum absolute atomic E-state index is 13.3. The molecule has 3 aromatic carbocycles. The van der Waals surface area contributed by atoms with Crippen molar-refractivity contribution >= 4 is 34.0 Å². The molecule has 4 rings (SSSR count). The molecule has 150 valence electrons. The number of nitrogen functional groups attached to an aromatic ring is 1. The van der Waals surface area contributed by atoms with E-state index in [0.29, 0.717) is 22.6 Å². The summed E-state index contributed by atoms with van der Waals surface area (Å²) in [5.74, 6) is 0.640. The van der Waals surface area contributed by atoms with Crippen molar-refractivity contribution in [2.24, 2.45) is 0 Å². The van der Waals surface area contributed by atoms with E-state index < -0.39 is 10.7 Å². The van der Waals surface area contributed by atoms with Gasteiger partial charge < -0.3 is 15.8 Å². The van der Waals surface area contributed by atoms with Crippen LogP contribution in [0, 0.1) is 15.9 Å². The van der Waals surface area contributed by atoms with Gasteiger partial charge in [-0.1, -0.05) is 12.1 Å². The van der Waals surface area contributed by atoms with Crippen molar-refractivity contribution in [3.05, 3.63) is 76.6 Å². The van der Waals surface area contributed by atoms with Crippen molar-refractivity contribution in [2.45, 2.75) is 0 Å². The Morgan fingerprint density at radius 3 is 2.37 bits per heavy atom. The molecule has 0 radical (unpaired) electrons. The number of ether oxygens (including phenoxy) is 1. The Hall–Kier alpha value is -4.27. The van der Waals surface area contributed by atoms with Crippen LogP contribution in [0.25, 0.3) is 22.2 Å². The molecule has 0 saturated heterocycles. The van der Waals surface area contributed by atoms with Gasteiger partial charge in [-0.3, -0.25) is 10.1 Å². The molecule has 0 saturated carbocycles. The van der Waals surface area contributed by atoms with Crippen LogP contribution in [-0.2, 0) is 0 Å². The van der Waals surface area contributed by atoms with Crippen molar-refractivity contribution in [3.63, 3.8) is 0 Å². The first kappa shape index (κ1) is 19.1. The Morgan fingerprint density at radius 2 is 1.73 bits per heavy atom. The molecule has 0 fully saturated rings. The van der Waals surface area contributed by atoms with Gasteiger partial charge in [0.1, 0.15) is 17.1 Å².